The SMILES string of the molecule is Nc1noc2cc(-c3cnc(C4C5CC5c5nc(-c6cc(Cl)ccc6-n6cc(C(F)(F)F)nn6)cc(=O)n54)[nH]3)ccc12. The summed E-state index contributed by atoms with van der Waals surface area (Å²) in [5.74, 6) is 1.68. The molecular weight excluding hydrogens is 575 g/mol. The molecule has 2 aromatic carbocycles. The minimum Gasteiger partial charge on any atom is -0.380 e. The fraction of sp³-hybridized carbons (Fsp3) is 0.185. The van der Waals surface area contributed by atoms with Gasteiger partial charge in [0.2, 0.25) is 0 Å². The first-order chi connectivity index (χ1) is 20.2. The molecule has 15 heteroatoms. The lowest BCUT2D eigenvalue weighted by molar-refractivity contribution is -0.141. The molecule has 6 aromatic rings. The van der Waals surface area contributed by atoms with E-state index in [2.05, 4.69) is 25.4 Å². The quantitative estimate of drug-likeness (QED) is 0.292. The molecule has 0 spiro atoms. The van der Waals surface area contributed by atoms with Crippen LogP contribution in [-0.2, 0) is 6.18 Å². The molecule has 210 valence electrons. The number of imidazole rings is 1. The number of halogens is 4. The zero-order valence-corrected chi connectivity index (χ0v) is 21.9. The van der Waals surface area contributed by atoms with E-state index in [9.17, 15) is 18.0 Å². The first-order valence-electron chi connectivity index (χ1n) is 12.8. The number of alkyl halides is 3. The molecule has 3 atom stereocenters. The number of hydrogen-bond acceptors (Lipinski definition) is 8. The van der Waals surface area contributed by atoms with E-state index in [-0.39, 0.29) is 34.8 Å². The van der Waals surface area contributed by atoms with Crippen molar-refractivity contribution in [3.05, 3.63) is 87.6 Å². The van der Waals surface area contributed by atoms with Gasteiger partial charge in [-0.1, -0.05) is 28.0 Å². The van der Waals surface area contributed by atoms with Crippen molar-refractivity contribution in [2.45, 2.75) is 24.6 Å². The minimum atomic E-state index is -4.66. The number of H-pyrrole nitrogens is 1. The second-order valence-corrected chi connectivity index (χ2v) is 10.8. The molecule has 3 N–H and O–H groups in total. The van der Waals surface area contributed by atoms with Gasteiger partial charge in [-0.05, 0) is 42.7 Å². The molecule has 1 saturated carbocycles. The van der Waals surface area contributed by atoms with Crippen LogP contribution in [0.2, 0.25) is 5.02 Å². The molecule has 0 radical (unpaired) electrons. The van der Waals surface area contributed by atoms with E-state index in [0.717, 1.165) is 28.6 Å². The maximum Gasteiger partial charge on any atom is 0.436 e. The van der Waals surface area contributed by atoms with Crippen molar-refractivity contribution in [3.63, 3.8) is 0 Å². The van der Waals surface area contributed by atoms with Gasteiger partial charge in [0.15, 0.2) is 17.1 Å². The third-order valence-corrected chi connectivity index (χ3v) is 8.02. The van der Waals surface area contributed by atoms with E-state index in [0.29, 0.717) is 39.0 Å². The molecule has 1 fully saturated rings. The number of nitrogens with two attached hydrogens (primary N) is 1. The molecular formula is C27H17ClF3N9O2. The summed E-state index contributed by atoms with van der Waals surface area (Å²) in [6.45, 7) is 0. The molecule has 8 rings (SSSR count). The lowest BCUT2D eigenvalue weighted by atomic mass is 10.1. The highest BCUT2D eigenvalue weighted by atomic mass is 35.5. The third-order valence-electron chi connectivity index (χ3n) is 7.79. The Hall–Kier alpha value is -4.98. The number of benzene rings is 2. The summed E-state index contributed by atoms with van der Waals surface area (Å²) in [6.07, 6.45) is -1.36. The van der Waals surface area contributed by atoms with E-state index in [4.69, 9.17) is 26.8 Å². The smallest absolute Gasteiger partial charge is 0.380 e. The van der Waals surface area contributed by atoms with Crippen molar-refractivity contribution in [2.75, 3.05) is 5.73 Å². The monoisotopic (exact) mass is 591 g/mol. The number of hydrogen-bond donors (Lipinski definition) is 2. The third kappa shape index (κ3) is 3.75. The van der Waals surface area contributed by atoms with Gasteiger partial charge in [-0.15, -0.1) is 5.10 Å². The summed E-state index contributed by atoms with van der Waals surface area (Å²) < 4.78 is 47.5. The summed E-state index contributed by atoms with van der Waals surface area (Å²) in [5.41, 5.74) is 7.35. The second-order valence-electron chi connectivity index (χ2n) is 10.3. The van der Waals surface area contributed by atoms with Crippen LogP contribution in [0.25, 0.3) is 39.2 Å². The second kappa shape index (κ2) is 8.52. The largest absolute Gasteiger partial charge is 0.436 e. The van der Waals surface area contributed by atoms with Crippen molar-refractivity contribution in [3.8, 4) is 28.2 Å². The lowest BCUT2D eigenvalue weighted by Crippen LogP contribution is -2.27. The number of aromatic amines is 1. The van der Waals surface area contributed by atoms with Gasteiger partial charge in [0.05, 0.1) is 40.9 Å². The molecule has 0 bridgehead atoms. The molecule has 3 unspecified atom stereocenters. The summed E-state index contributed by atoms with van der Waals surface area (Å²) in [4.78, 5) is 26.3. The van der Waals surface area contributed by atoms with Crippen LogP contribution in [0.5, 0.6) is 0 Å². The Morgan fingerprint density at radius 1 is 1.14 bits per heavy atom. The molecule has 1 aliphatic carbocycles. The molecule has 0 saturated heterocycles. The number of rotatable bonds is 4. The number of nitrogens with zero attached hydrogens (tertiary/aromatic N) is 7. The predicted molar refractivity (Wildman–Crippen MR) is 144 cm³/mol. The van der Waals surface area contributed by atoms with Crippen LogP contribution in [0.3, 0.4) is 0 Å². The summed E-state index contributed by atoms with van der Waals surface area (Å²) >= 11 is 6.25. The number of anilines is 1. The zero-order valence-electron chi connectivity index (χ0n) is 21.2. The molecule has 11 nitrogen and oxygen atoms in total. The molecule has 2 aliphatic rings. The fourth-order valence-corrected chi connectivity index (χ4v) is 5.92. The van der Waals surface area contributed by atoms with Gasteiger partial charge in [-0.2, -0.15) is 13.2 Å². The average Bonchev–Trinajstić information content (AvgIpc) is 3.37. The van der Waals surface area contributed by atoms with Gasteiger partial charge >= 0.3 is 6.18 Å². The Bertz CT molecular complexity index is 2110. The average molecular weight is 592 g/mol. The van der Waals surface area contributed by atoms with Crippen LogP contribution in [0, 0.1) is 5.92 Å². The summed E-state index contributed by atoms with van der Waals surface area (Å²) in [7, 11) is 0. The minimum absolute atomic E-state index is 0.0376. The molecule has 0 amide bonds. The standard InChI is InChI=1S/C27H17ClF3N9O2/c28-12-2-4-19(39-10-21(36-38-39)27(29,30)31)16(6-12)17-8-22(41)40-23(14-7-15(14)26(40)35-17)25-33-9-18(34-25)11-1-3-13-20(5-11)42-37-24(13)32/h1-6,8-10,14-15,23H,7H2,(H2,32,37)(H,33,34). The van der Waals surface area contributed by atoms with E-state index >= 15 is 0 Å². The number of nitrogens with one attached hydrogen (secondary N) is 1. The first kappa shape index (κ1) is 24.8. The van der Waals surface area contributed by atoms with E-state index < -0.39 is 11.9 Å². The first-order valence-corrected chi connectivity index (χ1v) is 13.2. The normalized spacial score (nSPS) is 19.3. The summed E-state index contributed by atoms with van der Waals surface area (Å²) in [5, 5.41) is 11.7. The van der Waals surface area contributed by atoms with Crippen molar-refractivity contribution in [2.24, 2.45) is 5.92 Å². The number of fused-ring (bicyclic) bond motifs is 4. The van der Waals surface area contributed by atoms with E-state index in [1.165, 1.54) is 18.2 Å². The molecule has 5 heterocycles. The van der Waals surface area contributed by atoms with Gasteiger partial charge in [-0.3, -0.25) is 9.36 Å². The van der Waals surface area contributed by atoms with Crippen LogP contribution in [-0.4, -0.2) is 39.7 Å². The number of aromatic nitrogens is 8. The maximum atomic E-state index is 13.6. The van der Waals surface area contributed by atoms with Gasteiger partial charge in [-0.25, -0.2) is 14.6 Å². The molecule has 4 aromatic heterocycles. The zero-order chi connectivity index (χ0) is 28.9. The topological polar surface area (TPSA) is 146 Å². The van der Waals surface area contributed by atoms with Crippen molar-refractivity contribution in [1.82, 2.24) is 39.7 Å². The van der Waals surface area contributed by atoms with E-state index in [1.54, 1.807) is 16.8 Å². The van der Waals surface area contributed by atoms with Gasteiger partial charge < -0.3 is 15.2 Å². The predicted octanol–water partition coefficient (Wildman–Crippen LogP) is 4.98. The van der Waals surface area contributed by atoms with Gasteiger partial charge in [0.1, 0.15) is 11.6 Å². The van der Waals surface area contributed by atoms with Crippen molar-refractivity contribution >= 4 is 28.4 Å². The van der Waals surface area contributed by atoms with Crippen molar-refractivity contribution in [1.29, 1.82) is 0 Å². The van der Waals surface area contributed by atoms with Crippen LogP contribution in [0.15, 0.2) is 64.2 Å². The Morgan fingerprint density at radius 3 is 2.81 bits per heavy atom. The van der Waals surface area contributed by atoms with Gasteiger partial charge in [0, 0.05) is 28.1 Å². The maximum absolute atomic E-state index is 13.6. The van der Waals surface area contributed by atoms with E-state index in [1.807, 2.05) is 18.2 Å². The Kier molecular flexibility index (Phi) is 5.03. The molecule has 1 aliphatic heterocycles. The summed E-state index contributed by atoms with van der Waals surface area (Å²) in [6, 6.07) is 11.1. The van der Waals surface area contributed by atoms with Gasteiger partial charge in [0.25, 0.3) is 5.56 Å². The van der Waals surface area contributed by atoms with Crippen molar-refractivity contribution < 1.29 is 17.7 Å². The Morgan fingerprint density at radius 2 is 2.00 bits per heavy atom. The van der Waals surface area contributed by atoms with Crippen LogP contribution >= 0.6 is 11.6 Å². The molecule has 42 heavy (non-hydrogen) atoms. The Balaban J connectivity index is 1.18. The lowest BCUT2D eigenvalue weighted by Gasteiger charge is -2.17. The highest BCUT2D eigenvalue weighted by molar-refractivity contribution is 6.31. The Labute approximate surface area is 237 Å². The van der Waals surface area contributed by atoms with Crippen LogP contribution in [0.4, 0.5) is 19.0 Å². The van der Waals surface area contributed by atoms with Crippen LogP contribution in [0.1, 0.15) is 35.7 Å². The number of nitrogen functional groups attached to an aromatic ring is 1. The van der Waals surface area contributed by atoms with Crippen LogP contribution < -0.4 is 11.3 Å². The highest BCUT2D eigenvalue weighted by Gasteiger charge is 2.55. The fourth-order valence-electron chi connectivity index (χ4n) is 5.75. The highest BCUT2D eigenvalue weighted by Crippen LogP contribution is 2.59.